The smallest absolute Gasteiger partial charge is 0.321 e. The average Bonchev–Trinajstić information content (AvgIpc) is 2.62. The van der Waals surface area contributed by atoms with E-state index in [2.05, 4.69) is 25.2 Å². The SMILES string of the molecule is Cc1cc2nc3c(=O)[nH]c(=O)nc-3n(CCN3CCNCC3)c2cc1Cl. The van der Waals surface area contributed by atoms with Gasteiger partial charge >= 0.3 is 5.69 Å². The number of nitrogens with zero attached hydrogens (tertiary/aromatic N) is 4. The van der Waals surface area contributed by atoms with Crippen LogP contribution in [0.15, 0.2) is 21.7 Å². The van der Waals surface area contributed by atoms with E-state index in [1.54, 1.807) is 0 Å². The van der Waals surface area contributed by atoms with Crippen molar-refractivity contribution in [2.24, 2.45) is 0 Å². The third-order valence-corrected chi connectivity index (χ3v) is 5.15. The lowest BCUT2D eigenvalue weighted by Crippen LogP contribution is -2.44. The number of aromatic amines is 1. The first-order chi connectivity index (χ1) is 12.5. The molecule has 3 aliphatic rings. The zero-order valence-electron chi connectivity index (χ0n) is 14.4. The Morgan fingerprint density at radius 2 is 1.92 bits per heavy atom. The van der Waals surface area contributed by atoms with E-state index in [1.807, 2.05) is 23.6 Å². The summed E-state index contributed by atoms with van der Waals surface area (Å²) in [6.45, 7) is 7.10. The van der Waals surface area contributed by atoms with E-state index < -0.39 is 11.2 Å². The first-order valence-corrected chi connectivity index (χ1v) is 8.94. The van der Waals surface area contributed by atoms with Gasteiger partial charge in [0, 0.05) is 44.3 Å². The van der Waals surface area contributed by atoms with E-state index in [9.17, 15) is 9.59 Å². The molecule has 136 valence electrons. The number of halogens is 1. The van der Waals surface area contributed by atoms with Crippen LogP contribution in [0.3, 0.4) is 0 Å². The molecule has 0 spiro atoms. The van der Waals surface area contributed by atoms with Crippen molar-refractivity contribution in [1.82, 2.24) is 29.7 Å². The summed E-state index contributed by atoms with van der Waals surface area (Å²) in [5.74, 6) is 0.293. The number of H-pyrrole nitrogens is 1. The van der Waals surface area contributed by atoms with E-state index in [0.29, 0.717) is 22.9 Å². The number of benzene rings is 1. The van der Waals surface area contributed by atoms with E-state index >= 15 is 0 Å². The largest absolute Gasteiger partial charge is 0.349 e. The minimum absolute atomic E-state index is 0.166. The van der Waals surface area contributed by atoms with Gasteiger partial charge < -0.3 is 9.88 Å². The summed E-state index contributed by atoms with van der Waals surface area (Å²) in [6.07, 6.45) is 0. The van der Waals surface area contributed by atoms with Gasteiger partial charge in [0.2, 0.25) is 0 Å². The molecule has 26 heavy (non-hydrogen) atoms. The Labute approximate surface area is 154 Å². The molecule has 0 bridgehead atoms. The molecule has 1 saturated heterocycles. The minimum atomic E-state index is -0.669. The second kappa shape index (κ2) is 6.79. The number of piperazine rings is 1. The number of aromatic nitrogens is 4. The number of fused-ring (bicyclic) bond motifs is 2. The molecule has 1 aromatic carbocycles. The standard InChI is InChI=1S/C17H19ClN6O2/c1-10-8-12-13(9-11(10)18)24(7-6-23-4-2-19-3-5-23)15-14(20-12)16(25)22-17(26)21-15/h8-9,19H,2-7H2,1H3,(H,22,25,26). The molecule has 0 aliphatic carbocycles. The van der Waals surface area contributed by atoms with Gasteiger partial charge in [0.25, 0.3) is 5.56 Å². The average molecular weight is 375 g/mol. The van der Waals surface area contributed by atoms with Gasteiger partial charge in [-0.3, -0.25) is 14.7 Å². The summed E-state index contributed by atoms with van der Waals surface area (Å²) in [6, 6.07) is 3.67. The second-order valence-electron chi connectivity index (χ2n) is 6.49. The highest BCUT2D eigenvalue weighted by Gasteiger charge is 2.20. The lowest BCUT2D eigenvalue weighted by atomic mass is 10.2. The summed E-state index contributed by atoms with van der Waals surface area (Å²) in [5.41, 5.74) is 1.28. The number of hydrogen-bond donors (Lipinski definition) is 2. The Morgan fingerprint density at radius 3 is 2.69 bits per heavy atom. The highest BCUT2D eigenvalue weighted by Crippen LogP contribution is 2.26. The van der Waals surface area contributed by atoms with Crippen LogP contribution < -0.4 is 16.6 Å². The molecule has 0 radical (unpaired) electrons. The highest BCUT2D eigenvalue weighted by molar-refractivity contribution is 6.32. The first kappa shape index (κ1) is 17.1. The minimum Gasteiger partial charge on any atom is -0.321 e. The first-order valence-electron chi connectivity index (χ1n) is 8.57. The summed E-state index contributed by atoms with van der Waals surface area (Å²) in [5, 5.41) is 3.94. The van der Waals surface area contributed by atoms with Crippen molar-refractivity contribution in [2.75, 3.05) is 32.7 Å². The summed E-state index contributed by atoms with van der Waals surface area (Å²) in [4.78, 5) is 37.0. The maximum Gasteiger partial charge on any atom is 0.349 e. The lowest BCUT2D eigenvalue weighted by Gasteiger charge is -2.28. The fraction of sp³-hybridized carbons (Fsp3) is 0.412. The monoisotopic (exact) mass is 374 g/mol. The fourth-order valence-electron chi connectivity index (χ4n) is 3.32. The molecule has 0 unspecified atom stereocenters. The maximum atomic E-state index is 12.2. The van der Waals surface area contributed by atoms with Gasteiger partial charge in [-0.15, -0.1) is 0 Å². The van der Waals surface area contributed by atoms with Crippen molar-refractivity contribution >= 4 is 22.6 Å². The Balaban J connectivity index is 1.89. The predicted molar refractivity (Wildman–Crippen MR) is 100 cm³/mol. The van der Waals surface area contributed by atoms with Crippen LogP contribution in [0.2, 0.25) is 5.02 Å². The van der Waals surface area contributed by atoms with Crippen molar-refractivity contribution in [3.63, 3.8) is 0 Å². The summed E-state index contributed by atoms with van der Waals surface area (Å²) in [7, 11) is 0. The van der Waals surface area contributed by atoms with Crippen molar-refractivity contribution < 1.29 is 0 Å². The number of rotatable bonds is 3. The quantitative estimate of drug-likeness (QED) is 0.646. The molecular formula is C17H19ClN6O2. The number of nitrogens with one attached hydrogen (secondary N) is 2. The van der Waals surface area contributed by atoms with Gasteiger partial charge in [-0.05, 0) is 24.6 Å². The van der Waals surface area contributed by atoms with Gasteiger partial charge in [0.1, 0.15) is 0 Å². The molecule has 0 saturated carbocycles. The highest BCUT2D eigenvalue weighted by atomic mass is 35.5. The topological polar surface area (TPSA) is 95.9 Å². The van der Waals surface area contributed by atoms with Crippen LogP contribution in [0, 0.1) is 6.92 Å². The van der Waals surface area contributed by atoms with Gasteiger partial charge in [-0.1, -0.05) is 11.6 Å². The normalized spacial score (nSPS) is 15.8. The molecular weight excluding hydrogens is 356 g/mol. The Morgan fingerprint density at radius 1 is 1.15 bits per heavy atom. The summed E-state index contributed by atoms with van der Waals surface area (Å²) < 4.78 is 1.88. The third-order valence-electron chi connectivity index (χ3n) is 4.74. The van der Waals surface area contributed by atoms with E-state index in [-0.39, 0.29) is 5.69 Å². The van der Waals surface area contributed by atoms with Crippen LogP contribution in [-0.2, 0) is 6.54 Å². The fourth-order valence-corrected chi connectivity index (χ4v) is 3.48. The maximum absolute atomic E-state index is 12.2. The van der Waals surface area contributed by atoms with Crippen molar-refractivity contribution in [3.8, 4) is 11.5 Å². The van der Waals surface area contributed by atoms with Crippen LogP contribution in [0.1, 0.15) is 5.56 Å². The summed E-state index contributed by atoms with van der Waals surface area (Å²) >= 11 is 6.31. The molecule has 0 aromatic heterocycles. The molecule has 1 aromatic rings. The zero-order valence-corrected chi connectivity index (χ0v) is 15.1. The van der Waals surface area contributed by atoms with Crippen molar-refractivity contribution in [2.45, 2.75) is 13.5 Å². The Hall–Kier alpha value is -2.29. The molecule has 4 rings (SSSR count). The van der Waals surface area contributed by atoms with Gasteiger partial charge in [-0.2, -0.15) is 4.98 Å². The molecule has 1 fully saturated rings. The van der Waals surface area contributed by atoms with Crippen molar-refractivity contribution in [3.05, 3.63) is 43.6 Å². The van der Waals surface area contributed by atoms with E-state index in [4.69, 9.17) is 11.6 Å². The Kier molecular flexibility index (Phi) is 4.47. The van der Waals surface area contributed by atoms with Gasteiger partial charge in [0.15, 0.2) is 11.5 Å². The Bertz CT molecular complexity index is 1050. The van der Waals surface area contributed by atoms with E-state index in [1.165, 1.54) is 0 Å². The van der Waals surface area contributed by atoms with Gasteiger partial charge in [0.05, 0.1) is 11.0 Å². The predicted octanol–water partition coefficient (Wildman–Crippen LogP) is 0.452. The van der Waals surface area contributed by atoms with Crippen LogP contribution in [0.25, 0.3) is 22.6 Å². The molecule has 9 heteroatoms. The zero-order chi connectivity index (χ0) is 18.3. The molecule has 8 nitrogen and oxygen atoms in total. The van der Waals surface area contributed by atoms with Crippen LogP contribution in [0.5, 0.6) is 0 Å². The van der Waals surface area contributed by atoms with Crippen LogP contribution in [-0.4, -0.2) is 57.1 Å². The third kappa shape index (κ3) is 3.11. The molecule has 2 N–H and O–H groups in total. The molecule has 3 heterocycles. The number of hydrogen-bond acceptors (Lipinski definition) is 6. The number of aryl methyl sites for hydroxylation is 1. The van der Waals surface area contributed by atoms with Gasteiger partial charge in [-0.25, -0.2) is 9.78 Å². The van der Waals surface area contributed by atoms with Crippen molar-refractivity contribution in [1.29, 1.82) is 0 Å². The molecule has 3 aliphatic heterocycles. The van der Waals surface area contributed by atoms with E-state index in [0.717, 1.165) is 43.8 Å². The second-order valence-corrected chi connectivity index (χ2v) is 6.90. The van der Waals surface area contributed by atoms with Crippen LogP contribution in [0.4, 0.5) is 0 Å². The molecule has 0 amide bonds. The lowest BCUT2D eigenvalue weighted by molar-refractivity contribution is 0.233. The molecule has 0 atom stereocenters. The van der Waals surface area contributed by atoms with Crippen LogP contribution >= 0.6 is 11.6 Å².